The molecule has 1 aliphatic heterocycles. The third-order valence-corrected chi connectivity index (χ3v) is 4.16. The predicted molar refractivity (Wildman–Crippen MR) is 105 cm³/mol. The number of benzene rings is 1. The molecule has 0 unspecified atom stereocenters. The van der Waals surface area contributed by atoms with E-state index in [9.17, 15) is 9.59 Å². The summed E-state index contributed by atoms with van der Waals surface area (Å²) in [5.41, 5.74) is 7.84. The van der Waals surface area contributed by atoms with Crippen LogP contribution in [0.2, 0.25) is 0 Å². The van der Waals surface area contributed by atoms with Crippen LogP contribution in [0.5, 0.6) is 0 Å². The molecule has 0 saturated carbocycles. The van der Waals surface area contributed by atoms with Crippen molar-refractivity contribution in [3.8, 4) is 0 Å². The lowest BCUT2D eigenvalue weighted by Gasteiger charge is -2.23. The second-order valence-electron chi connectivity index (χ2n) is 6.40. The van der Waals surface area contributed by atoms with Gasteiger partial charge in [0.15, 0.2) is 0 Å². The summed E-state index contributed by atoms with van der Waals surface area (Å²) in [6.45, 7) is 5.94. The molecule has 1 aliphatic rings. The van der Waals surface area contributed by atoms with Gasteiger partial charge < -0.3 is 20.9 Å². The number of para-hydroxylation sites is 1. The number of amides is 2. The maximum absolute atomic E-state index is 12.6. The molecular weight excluding hydrogens is 363 g/mol. The third-order valence-electron chi connectivity index (χ3n) is 4.16. The van der Waals surface area contributed by atoms with Crippen LogP contribution in [0, 0.1) is 5.92 Å². The van der Waals surface area contributed by atoms with Crippen LogP contribution in [0.3, 0.4) is 0 Å². The van der Waals surface area contributed by atoms with Crippen LogP contribution in [0.4, 0.5) is 5.69 Å². The Hall–Kier alpha value is -1.34. The predicted octanol–water partition coefficient (Wildman–Crippen LogP) is 1.41. The average molecular weight is 391 g/mol. The number of nitrogens with two attached hydrogens (primary N) is 1. The van der Waals surface area contributed by atoms with Gasteiger partial charge in [0.05, 0.1) is 12.6 Å². The first kappa shape index (κ1) is 23.7. The average Bonchev–Trinajstić information content (AvgIpc) is 2.69. The molecule has 0 spiro atoms. The van der Waals surface area contributed by atoms with Crippen molar-refractivity contribution in [2.75, 3.05) is 31.6 Å². The van der Waals surface area contributed by atoms with E-state index in [1.165, 1.54) is 0 Å². The van der Waals surface area contributed by atoms with Gasteiger partial charge in [0.1, 0.15) is 0 Å². The number of carbonyl (C=O) groups excluding carboxylic acids is 2. The van der Waals surface area contributed by atoms with Crippen LogP contribution in [0.1, 0.15) is 19.4 Å². The molecule has 25 heavy (non-hydrogen) atoms. The lowest BCUT2D eigenvalue weighted by Crippen LogP contribution is -2.48. The fraction of sp³-hybridized carbons (Fsp3) is 0.529. The molecule has 6 nitrogen and oxygen atoms in total. The van der Waals surface area contributed by atoms with E-state index in [4.69, 9.17) is 5.73 Å². The van der Waals surface area contributed by atoms with E-state index in [-0.39, 0.29) is 49.1 Å². The molecule has 0 bridgehead atoms. The first-order valence-corrected chi connectivity index (χ1v) is 8.00. The Morgan fingerprint density at radius 3 is 2.48 bits per heavy atom. The molecule has 0 aliphatic carbocycles. The summed E-state index contributed by atoms with van der Waals surface area (Å²) in [7, 11) is 2.04. The summed E-state index contributed by atoms with van der Waals surface area (Å²) < 4.78 is 0. The maximum atomic E-state index is 12.6. The monoisotopic (exact) mass is 390 g/mol. The fourth-order valence-corrected chi connectivity index (χ4v) is 2.61. The summed E-state index contributed by atoms with van der Waals surface area (Å²) in [6, 6.07) is 7.30. The molecule has 0 saturated heterocycles. The number of fused-ring (bicyclic) bond motifs is 1. The van der Waals surface area contributed by atoms with Crippen LogP contribution < -0.4 is 16.0 Å². The molecule has 1 aromatic carbocycles. The van der Waals surface area contributed by atoms with E-state index >= 15 is 0 Å². The van der Waals surface area contributed by atoms with Gasteiger partial charge in [-0.15, -0.1) is 24.8 Å². The second kappa shape index (κ2) is 10.6. The fourth-order valence-electron chi connectivity index (χ4n) is 2.61. The van der Waals surface area contributed by atoms with E-state index in [1.807, 2.05) is 45.2 Å². The minimum atomic E-state index is -0.592. The number of nitrogens with one attached hydrogen (secondary N) is 1. The van der Waals surface area contributed by atoms with Crippen molar-refractivity contribution in [3.63, 3.8) is 0 Å². The van der Waals surface area contributed by atoms with Gasteiger partial charge in [-0.3, -0.25) is 9.59 Å². The van der Waals surface area contributed by atoms with Gasteiger partial charge in [0.2, 0.25) is 11.8 Å². The molecule has 1 atom stereocenters. The third kappa shape index (κ3) is 6.15. The Bertz CT molecular complexity index is 584. The zero-order valence-electron chi connectivity index (χ0n) is 14.9. The van der Waals surface area contributed by atoms with Crippen LogP contribution in [-0.4, -0.2) is 49.4 Å². The topological polar surface area (TPSA) is 78.7 Å². The number of carbonyl (C=O) groups is 2. The quantitative estimate of drug-likeness (QED) is 0.814. The van der Waals surface area contributed by atoms with Crippen molar-refractivity contribution < 1.29 is 9.59 Å². The van der Waals surface area contributed by atoms with E-state index in [2.05, 4.69) is 10.2 Å². The smallest absolute Gasteiger partial charge is 0.246 e. The summed E-state index contributed by atoms with van der Waals surface area (Å²) in [6.07, 6.45) is 0. The molecule has 2 amide bonds. The van der Waals surface area contributed by atoms with Gasteiger partial charge in [-0.2, -0.15) is 0 Å². The highest BCUT2D eigenvalue weighted by Crippen LogP contribution is 2.24. The van der Waals surface area contributed by atoms with Gasteiger partial charge >= 0.3 is 0 Å². The van der Waals surface area contributed by atoms with Crippen molar-refractivity contribution in [3.05, 3.63) is 29.8 Å². The standard InChI is InChI=1S/C17H26N4O2.2ClH/c1-12(2)16(18)17(23)19-10-15(22)21-9-8-20(3)11-13-6-4-5-7-14(13)21;;/h4-7,12,16H,8-11,18H2,1-3H3,(H,19,23);2*1H/t16-;;/m0../s1. The Balaban J connectivity index is 0.00000288. The Kier molecular flexibility index (Phi) is 10.0. The molecular formula is C17H28Cl2N4O2. The van der Waals surface area contributed by atoms with Gasteiger partial charge in [-0.25, -0.2) is 0 Å². The molecule has 142 valence electrons. The molecule has 0 radical (unpaired) electrons. The number of nitrogens with zero attached hydrogens (tertiary/aromatic N) is 2. The number of likely N-dealkylation sites (N-methyl/N-ethyl adjacent to an activating group) is 1. The van der Waals surface area contributed by atoms with Gasteiger partial charge in [0, 0.05) is 25.3 Å². The molecule has 8 heteroatoms. The number of rotatable bonds is 4. The van der Waals surface area contributed by atoms with Crippen LogP contribution >= 0.6 is 24.8 Å². The number of anilines is 1. The Morgan fingerprint density at radius 2 is 1.84 bits per heavy atom. The highest BCUT2D eigenvalue weighted by molar-refractivity contribution is 5.98. The molecule has 0 fully saturated rings. The Labute approximate surface area is 161 Å². The van der Waals surface area contributed by atoms with Gasteiger partial charge in [-0.05, 0) is 24.6 Å². The van der Waals surface area contributed by atoms with Crippen molar-refractivity contribution in [1.29, 1.82) is 0 Å². The maximum Gasteiger partial charge on any atom is 0.246 e. The van der Waals surface area contributed by atoms with Gasteiger partial charge in [0.25, 0.3) is 0 Å². The van der Waals surface area contributed by atoms with Crippen molar-refractivity contribution in [2.24, 2.45) is 11.7 Å². The number of hydrogen-bond donors (Lipinski definition) is 2. The zero-order valence-corrected chi connectivity index (χ0v) is 16.5. The first-order valence-electron chi connectivity index (χ1n) is 8.00. The Morgan fingerprint density at radius 1 is 1.20 bits per heavy atom. The molecule has 0 aromatic heterocycles. The van der Waals surface area contributed by atoms with Crippen LogP contribution in [0.25, 0.3) is 0 Å². The molecule has 1 aromatic rings. The highest BCUT2D eigenvalue weighted by Gasteiger charge is 2.24. The molecule has 2 rings (SSSR count). The SMILES string of the molecule is CC(C)[C@H](N)C(=O)NCC(=O)N1CCN(C)Cc2ccccc21.Cl.Cl. The number of halogens is 2. The van der Waals surface area contributed by atoms with Crippen molar-refractivity contribution >= 4 is 42.3 Å². The van der Waals surface area contributed by atoms with E-state index in [1.54, 1.807) is 4.90 Å². The molecule has 3 N–H and O–H groups in total. The largest absolute Gasteiger partial charge is 0.346 e. The van der Waals surface area contributed by atoms with Crippen molar-refractivity contribution in [1.82, 2.24) is 10.2 Å². The van der Waals surface area contributed by atoms with E-state index in [0.29, 0.717) is 6.54 Å². The van der Waals surface area contributed by atoms with Gasteiger partial charge in [-0.1, -0.05) is 32.0 Å². The summed E-state index contributed by atoms with van der Waals surface area (Å²) in [4.78, 5) is 28.4. The normalized spacial score (nSPS) is 15.3. The molecule has 1 heterocycles. The number of hydrogen-bond acceptors (Lipinski definition) is 4. The summed E-state index contributed by atoms with van der Waals surface area (Å²) in [5.74, 6) is -0.358. The zero-order chi connectivity index (χ0) is 17.0. The first-order chi connectivity index (χ1) is 10.9. The lowest BCUT2D eigenvalue weighted by molar-refractivity contribution is -0.126. The summed E-state index contributed by atoms with van der Waals surface area (Å²) in [5, 5.41) is 2.65. The van der Waals surface area contributed by atoms with Crippen LogP contribution in [0.15, 0.2) is 24.3 Å². The van der Waals surface area contributed by atoms with E-state index < -0.39 is 6.04 Å². The van der Waals surface area contributed by atoms with E-state index in [0.717, 1.165) is 24.3 Å². The second-order valence-corrected chi connectivity index (χ2v) is 6.40. The lowest BCUT2D eigenvalue weighted by atomic mass is 10.1. The highest BCUT2D eigenvalue weighted by atomic mass is 35.5. The minimum absolute atomic E-state index is 0. The summed E-state index contributed by atoms with van der Waals surface area (Å²) >= 11 is 0. The minimum Gasteiger partial charge on any atom is -0.346 e. The van der Waals surface area contributed by atoms with Crippen LogP contribution in [-0.2, 0) is 16.1 Å². The van der Waals surface area contributed by atoms with Crippen molar-refractivity contribution in [2.45, 2.75) is 26.4 Å².